The van der Waals surface area contributed by atoms with Gasteiger partial charge in [0.15, 0.2) is 11.2 Å². The van der Waals surface area contributed by atoms with Gasteiger partial charge < -0.3 is 14.2 Å². The summed E-state index contributed by atoms with van der Waals surface area (Å²) < 4.78 is 10.3. The van der Waals surface area contributed by atoms with Crippen LogP contribution < -0.4 is 16.0 Å². The number of rotatable bonds is 4. The first-order valence-corrected chi connectivity index (χ1v) is 9.32. The third-order valence-electron chi connectivity index (χ3n) is 4.73. The van der Waals surface area contributed by atoms with E-state index < -0.39 is 11.2 Å². The molecule has 28 heavy (non-hydrogen) atoms. The predicted octanol–water partition coefficient (Wildman–Crippen LogP) is -0.119. The van der Waals surface area contributed by atoms with Crippen LogP contribution in [0.5, 0.6) is 5.88 Å². The topological polar surface area (TPSA) is 104 Å². The van der Waals surface area contributed by atoms with Crippen molar-refractivity contribution in [3.05, 3.63) is 50.0 Å². The van der Waals surface area contributed by atoms with Gasteiger partial charge in [-0.15, -0.1) is 0 Å². The summed E-state index contributed by atoms with van der Waals surface area (Å²) in [4.78, 5) is 46.9. The van der Waals surface area contributed by atoms with Crippen molar-refractivity contribution in [3.63, 3.8) is 0 Å². The molecular weight excluding hydrogens is 432 g/mol. The molecule has 0 aromatic carbocycles. The van der Waals surface area contributed by atoms with E-state index in [1.165, 1.54) is 29.6 Å². The van der Waals surface area contributed by atoms with Crippen LogP contribution in [0.2, 0.25) is 0 Å². The normalized spacial score (nSPS) is 14.3. The molecule has 11 heteroatoms. The fourth-order valence-corrected chi connectivity index (χ4v) is 3.44. The molecular formula is C17H17BrN6O4. The fourth-order valence-electron chi connectivity index (χ4n) is 3.09. The van der Waals surface area contributed by atoms with Crippen molar-refractivity contribution in [1.29, 1.82) is 0 Å². The van der Waals surface area contributed by atoms with Crippen molar-refractivity contribution >= 4 is 33.0 Å². The van der Waals surface area contributed by atoms with Gasteiger partial charge in [-0.25, -0.2) is 14.8 Å². The standard InChI is InChI=1S/C17H17BrN6O4/c1-21-14-13(16(26)22(2)17(21)27)24(9-20-14)8-12(25)23-6-10(7-23)28-15-11(18)4-3-5-19-15/h3-5,9-10H,6-8H2,1-2H3. The maximum absolute atomic E-state index is 12.6. The predicted molar refractivity (Wildman–Crippen MR) is 103 cm³/mol. The van der Waals surface area contributed by atoms with E-state index in [0.717, 1.165) is 9.04 Å². The minimum absolute atomic E-state index is 0.0378. The van der Waals surface area contributed by atoms with E-state index >= 15 is 0 Å². The number of halogens is 1. The molecule has 3 aromatic heterocycles. The molecule has 10 nitrogen and oxygen atoms in total. The number of aryl methyl sites for hydroxylation is 1. The average Bonchev–Trinajstić information content (AvgIpc) is 3.05. The second-order valence-corrected chi connectivity index (χ2v) is 7.43. The van der Waals surface area contributed by atoms with Gasteiger partial charge in [-0.2, -0.15) is 0 Å². The van der Waals surface area contributed by atoms with Gasteiger partial charge in [-0.1, -0.05) is 0 Å². The lowest BCUT2D eigenvalue weighted by molar-refractivity contribution is -0.140. The molecule has 1 aliphatic heterocycles. The Morgan fingerprint density at radius 3 is 2.71 bits per heavy atom. The summed E-state index contributed by atoms with van der Waals surface area (Å²) in [6.45, 7) is 0.833. The Morgan fingerprint density at radius 2 is 2.00 bits per heavy atom. The van der Waals surface area contributed by atoms with Crippen LogP contribution in [-0.2, 0) is 25.4 Å². The summed E-state index contributed by atoms with van der Waals surface area (Å²) in [5, 5.41) is 0. The quantitative estimate of drug-likeness (QED) is 0.550. The first-order chi connectivity index (χ1) is 13.4. The highest BCUT2D eigenvalue weighted by molar-refractivity contribution is 9.10. The van der Waals surface area contributed by atoms with Crippen LogP contribution in [0.1, 0.15) is 0 Å². The molecule has 146 valence electrons. The number of nitrogens with zero attached hydrogens (tertiary/aromatic N) is 6. The Balaban J connectivity index is 1.46. The Bertz CT molecular complexity index is 1190. The maximum atomic E-state index is 12.6. The van der Waals surface area contributed by atoms with E-state index in [9.17, 15) is 14.4 Å². The highest BCUT2D eigenvalue weighted by Gasteiger charge is 2.33. The van der Waals surface area contributed by atoms with E-state index in [0.29, 0.717) is 19.0 Å². The fraction of sp³-hybridized carbons (Fsp3) is 0.353. The Hall–Kier alpha value is -2.95. The molecule has 0 unspecified atom stereocenters. The van der Waals surface area contributed by atoms with Crippen LogP contribution >= 0.6 is 15.9 Å². The summed E-state index contributed by atoms with van der Waals surface area (Å²) in [5.74, 6) is 0.333. The number of aromatic nitrogens is 5. The monoisotopic (exact) mass is 448 g/mol. The third kappa shape index (κ3) is 3.01. The molecule has 0 aliphatic carbocycles. The molecule has 1 amide bonds. The molecule has 1 fully saturated rings. The number of likely N-dealkylation sites (tertiary alicyclic amines) is 1. The van der Waals surface area contributed by atoms with E-state index in [-0.39, 0.29) is 29.7 Å². The first-order valence-electron chi connectivity index (χ1n) is 8.52. The number of fused-ring (bicyclic) bond motifs is 1. The molecule has 0 spiro atoms. The molecule has 3 aromatic rings. The van der Waals surface area contributed by atoms with Gasteiger partial charge in [0, 0.05) is 20.3 Å². The second-order valence-electron chi connectivity index (χ2n) is 6.58. The van der Waals surface area contributed by atoms with Crippen molar-refractivity contribution in [3.8, 4) is 5.88 Å². The molecule has 0 radical (unpaired) electrons. The van der Waals surface area contributed by atoms with E-state index in [1.54, 1.807) is 17.2 Å². The smallest absolute Gasteiger partial charge is 0.332 e. The molecule has 0 N–H and O–H groups in total. The van der Waals surface area contributed by atoms with Crippen molar-refractivity contribution in [1.82, 2.24) is 28.6 Å². The number of amides is 1. The summed E-state index contributed by atoms with van der Waals surface area (Å²) in [5.41, 5.74) is -0.458. The third-order valence-corrected chi connectivity index (χ3v) is 5.33. The van der Waals surface area contributed by atoms with E-state index in [1.807, 2.05) is 6.07 Å². The van der Waals surface area contributed by atoms with Crippen molar-refractivity contribution < 1.29 is 9.53 Å². The van der Waals surface area contributed by atoms with Crippen LogP contribution in [0.3, 0.4) is 0 Å². The number of hydrogen-bond donors (Lipinski definition) is 0. The summed E-state index contributed by atoms with van der Waals surface area (Å²) in [6.07, 6.45) is 2.91. The molecule has 0 bridgehead atoms. The van der Waals surface area contributed by atoms with Gasteiger partial charge in [0.25, 0.3) is 5.56 Å². The lowest BCUT2D eigenvalue weighted by atomic mass is 10.1. The summed E-state index contributed by atoms with van der Waals surface area (Å²) in [7, 11) is 2.94. The van der Waals surface area contributed by atoms with Gasteiger partial charge in [-0.3, -0.25) is 18.7 Å². The number of pyridine rings is 1. The Labute approximate surface area is 167 Å². The van der Waals surface area contributed by atoms with Crippen molar-refractivity contribution in [2.24, 2.45) is 14.1 Å². The minimum atomic E-state index is -0.478. The van der Waals surface area contributed by atoms with Crippen LogP contribution in [-0.4, -0.2) is 53.7 Å². The largest absolute Gasteiger partial charge is 0.470 e. The second kappa shape index (κ2) is 6.89. The van der Waals surface area contributed by atoms with Crippen molar-refractivity contribution in [2.75, 3.05) is 13.1 Å². The molecule has 1 saturated heterocycles. The summed E-state index contributed by atoms with van der Waals surface area (Å²) in [6, 6.07) is 3.63. The van der Waals surface area contributed by atoms with Gasteiger partial charge in [0.2, 0.25) is 11.8 Å². The van der Waals surface area contributed by atoms with Gasteiger partial charge >= 0.3 is 5.69 Å². The van der Waals surface area contributed by atoms with Crippen LogP contribution in [0, 0.1) is 0 Å². The number of hydrogen-bond acceptors (Lipinski definition) is 6. The zero-order chi connectivity index (χ0) is 20.0. The number of carbonyl (C=O) groups excluding carboxylic acids is 1. The lowest BCUT2D eigenvalue weighted by Crippen LogP contribution is -2.57. The highest BCUT2D eigenvalue weighted by Crippen LogP contribution is 2.24. The maximum Gasteiger partial charge on any atom is 0.332 e. The zero-order valence-corrected chi connectivity index (χ0v) is 16.8. The lowest BCUT2D eigenvalue weighted by Gasteiger charge is -2.38. The van der Waals surface area contributed by atoms with E-state index in [2.05, 4.69) is 25.9 Å². The Morgan fingerprint density at radius 1 is 1.25 bits per heavy atom. The number of ether oxygens (including phenoxy) is 1. The average molecular weight is 449 g/mol. The molecule has 0 atom stereocenters. The zero-order valence-electron chi connectivity index (χ0n) is 15.2. The highest BCUT2D eigenvalue weighted by atomic mass is 79.9. The number of imidazole rings is 1. The molecule has 4 rings (SSSR count). The minimum Gasteiger partial charge on any atom is -0.470 e. The summed E-state index contributed by atoms with van der Waals surface area (Å²) >= 11 is 3.37. The van der Waals surface area contributed by atoms with Crippen LogP contribution in [0.4, 0.5) is 0 Å². The van der Waals surface area contributed by atoms with E-state index in [4.69, 9.17) is 4.74 Å². The number of carbonyl (C=O) groups is 1. The van der Waals surface area contributed by atoms with Gasteiger partial charge in [0.05, 0.1) is 23.9 Å². The molecule has 4 heterocycles. The van der Waals surface area contributed by atoms with Gasteiger partial charge in [0.1, 0.15) is 12.6 Å². The molecule has 1 aliphatic rings. The first kappa shape index (κ1) is 18.4. The van der Waals surface area contributed by atoms with Crippen LogP contribution in [0.25, 0.3) is 11.2 Å². The molecule has 0 saturated carbocycles. The Kier molecular flexibility index (Phi) is 4.53. The SMILES string of the molecule is Cn1c(=O)c2c(ncn2CC(=O)N2CC(Oc3ncccc3Br)C2)n(C)c1=O. The van der Waals surface area contributed by atoms with Crippen molar-refractivity contribution in [2.45, 2.75) is 12.6 Å². The van der Waals surface area contributed by atoms with Gasteiger partial charge in [-0.05, 0) is 28.1 Å². The van der Waals surface area contributed by atoms with Crippen LogP contribution in [0.15, 0.2) is 38.7 Å².